The molecule has 1 aliphatic rings. The fourth-order valence-electron chi connectivity index (χ4n) is 1.48. The Labute approximate surface area is 66.2 Å². The van der Waals surface area contributed by atoms with Gasteiger partial charge in [0.05, 0.1) is 0 Å². The highest BCUT2D eigenvalue weighted by Gasteiger charge is 2.23. The first-order valence-electron chi connectivity index (χ1n) is 3.83. The van der Waals surface area contributed by atoms with Gasteiger partial charge in [-0.1, -0.05) is 0 Å². The van der Waals surface area contributed by atoms with Crippen LogP contribution in [0.1, 0.15) is 13.8 Å². The molecule has 0 aromatic carbocycles. The van der Waals surface area contributed by atoms with E-state index in [-0.39, 0.29) is 12.1 Å². The van der Waals surface area contributed by atoms with E-state index in [4.69, 9.17) is 5.11 Å². The minimum atomic E-state index is -0.815. The third kappa shape index (κ3) is 2.08. The van der Waals surface area contributed by atoms with Crippen molar-refractivity contribution in [3.05, 3.63) is 0 Å². The van der Waals surface area contributed by atoms with Gasteiger partial charge in [-0.2, -0.15) is 0 Å². The number of rotatable bonds is 0. The van der Waals surface area contributed by atoms with Gasteiger partial charge in [-0.3, -0.25) is 0 Å². The lowest BCUT2D eigenvalue weighted by atomic mass is 10.2. The number of carboxylic acid groups (broad SMARTS) is 1. The van der Waals surface area contributed by atoms with Gasteiger partial charge in [-0.15, -0.1) is 0 Å². The molecule has 0 radical (unpaired) electrons. The highest BCUT2D eigenvalue weighted by molar-refractivity contribution is 5.65. The molecule has 0 bridgehead atoms. The Balaban J connectivity index is 2.49. The van der Waals surface area contributed by atoms with Crippen molar-refractivity contribution in [1.29, 1.82) is 0 Å². The lowest BCUT2D eigenvalue weighted by molar-refractivity contribution is 0.120. The van der Waals surface area contributed by atoms with E-state index in [1.54, 1.807) is 0 Å². The molecule has 4 nitrogen and oxygen atoms in total. The molecule has 1 aliphatic heterocycles. The zero-order valence-electron chi connectivity index (χ0n) is 6.87. The molecule has 1 saturated heterocycles. The average molecular weight is 158 g/mol. The minimum absolute atomic E-state index is 0.273. The molecule has 1 amide bonds. The summed E-state index contributed by atoms with van der Waals surface area (Å²) in [6, 6.07) is 0.546. The SMILES string of the molecule is C[C@@H]1CN(C(=O)O)C[C@H](C)N1. The molecule has 0 spiro atoms. The number of amides is 1. The van der Waals surface area contributed by atoms with Crippen LogP contribution in [0.3, 0.4) is 0 Å². The third-order valence-corrected chi connectivity index (χ3v) is 1.83. The van der Waals surface area contributed by atoms with Crippen LogP contribution in [0.25, 0.3) is 0 Å². The summed E-state index contributed by atoms with van der Waals surface area (Å²) in [5.74, 6) is 0. The van der Waals surface area contributed by atoms with Crippen LogP contribution in [0, 0.1) is 0 Å². The molecule has 2 atom stereocenters. The number of piperazine rings is 1. The number of hydrogen-bond donors (Lipinski definition) is 2. The fraction of sp³-hybridized carbons (Fsp3) is 0.857. The van der Waals surface area contributed by atoms with E-state index in [0.717, 1.165) is 0 Å². The molecule has 0 aromatic rings. The molecule has 2 N–H and O–H groups in total. The number of hydrogen-bond acceptors (Lipinski definition) is 2. The highest BCUT2D eigenvalue weighted by Crippen LogP contribution is 2.03. The second-order valence-corrected chi connectivity index (χ2v) is 3.16. The average Bonchev–Trinajstić information content (AvgIpc) is 1.85. The summed E-state index contributed by atoms with van der Waals surface area (Å²) < 4.78 is 0. The summed E-state index contributed by atoms with van der Waals surface area (Å²) in [5, 5.41) is 11.9. The Morgan fingerprint density at radius 1 is 1.45 bits per heavy atom. The summed E-state index contributed by atoms with van der Waals surface area (Å²) >= 11 is 0. The van der Waals surface area contributed by atoms with E-state index in [9.17, 15) is 4.79 Å². The molecule has 1 fully saturated rings. The zero-order valence-corrected chi connectivity index (χ0v) is 6.87. The first kappa shape index (κ1) is 8.33. The first-order valence-corrected chi connectivity index (χ1v) is 3.83. The summed E-state index contributed by atoms with van der Waals surface area (Å²) in [4.78, 5) is 12.0. The van der Waals surface area contributed by atoms with Crippen molar-refractivity contribution in [1.82, 2.24) is 10.2 Å². The van der Waals surface area contributed by atoms with E-state index >= 15 is 0 Å². The van der Waals surface area contributed by atoms with Gasteiger partial charge in [0.1, 0.15) is 0 Å². The normalized spacial score (nSPS) is 32.0. The topological polar surface area (TPSA) is 52.6 Å². The maximum absolute atomic E-state index is 10.5. The molecule has 11 heavy (non-hydrogen) atoms. The van der Waals surface area contributed by atoms with Crippen LogP contribution in [0.2, 0.25) is 0 Å². The van der Waals surface area contributed by atoms with E-state index < -0.39 is 6.09 Å². The largest absolute Gasteiger partial charge is 0.465 e. The Morgan fingerprint density at radius 2 is 1.91 bits per heavy atom. The van der Waals surface area contributed by atoms with Crippen LogP contribution in [0.4, 0.5) is 4.79 Å². The lowest BCUT2D eigenvalue weighted by Crippen LogP contribution is -2.55. The molecule has 1 heterocycles. The lowest BCUT2D eigenvalue weighted by Gasteiger charge is -2.34. The van der Waals surface area contributed by atoms with E-state index in [1.165, 1.54) is 4.90 Å². The van der Waals surface area contributed by atoms with Gasteiger partial charge in [-0.05, 0) is 13.8 Å². The standard InChI is InChI=1S/C7H14N2O2/c1-5-3-9(7(10)11)4-6(2)8-5/h5-6,8H,3-4H2,1-2H3,(H,10,11)/t5-,6+. The van der Waals surface area contributed by atoms with Gasteiger partial charge >= 0.3 is 6.09 Å². The molecule has 0 unspecified atom stereocenters. The predicted octanol–water partition coefficient (Wildman–Crippen LogP) is 0.347. The Kier molecular flexibility index (Phi) is 2.34. The van der Waals surface area contributed by atoms with Crippen LogP contribution >= 0.6 is 0 Å². The third-order valence-electron chi connectivity index (χ3n) is 1.83. The number of nitrogens with one attached hydrogen (secondary N) is 1. The summed E-state index contributed by atoms with van der Waals surface area (Å²) in [6.07, 6.45) is -0.815. The Hall–Kier alpha value is -0.770. The fourth-order valence-corrected chi connectivity index (χ4v) is 1.48. The predicted molar refractivity (Wildman–Crippen MR) is 41.7 cm³/mol. The van der Waals surface area contributed by atoms with Crippen LogP contribution in [-0.2, 0) is 0 Å². The molecular formula is C7H14N2O2. The van der Waals surface area contributed by atoms with Crippen molar-refractivity contribution < 1.29 is 9.90 Å². The van der Waals surface area contributed by atoms with Crippen LogP contribution < -0.4 is 5.32 Å². The highest BCUT2D eigenvalue weighted by atomic mass is 16.4. The van der Waals surface area contributed by atoms with E-state index in [1.807, 2.05) is 13.8 Å². The van der Waals surface area contributed by atoms with Crippen molar-refractivity contribution >= 4 is 6.09 Å². The van der Waals surface area contributed by atoms with Gasteiger partial charge in [-0.25, -0.2) is 4.79 Å². The summed E-state index contributed by atoms with van der Waals surface area (Å²) in [7, 11) is 0. The molecule has 0 aromatic heterocycles. The van der Waals surface area contributed by atoms with Gasteiger partial charge in [0.15, 0.2) is 0 Å². The molecule has 4 heteroatoms. The van der Waals surface area contributed by atoms with Gasteiger partial charge in [0.2, 0.25) is 0 Å². The van der Waals surface area contributed by atoms with Crippen molar-refractivity contribution in [3.63, 3.8) is 0 Å². The first-order chi connectivity index (χ1) is 5.09. The maximum atomic E-state index is 10.5. The quantitative estimate of drug-likeness (QED) is 0.534. The Morgan fingerprint density at radius 3 is 2.27 bits per heavy atom. The molecule has 0 aliphatic carbocycles. The smallest absolute Gasteiger partial charge is 0.407 e. The molecule has 0 saturated carbocycles. The van der Waals surface area contributed by atoms with Gasteiger partial charge in [0, 0.05) is 25.2 Å². The van der Waals surface area contributed by atoms with Gasteiger partial charge in [0.25, 0.3) is 0 Å². The second-order valence-electron chi connectivity index (χ2n) is 3.16. The molecular weight excluding hydrogens is 144 g/mol. The van der Waals surface area contributed by atoms with E-state index in [2.05, 4.69) is 5.32 Å². The van der Waals surface area contributed by atoms with Crippen molar-refractivity contribution in [2.75, 3.05) is 13.1 Å². The number of nitrogens with zero attached hydrogens (tertiary/aromatic N) is 1. The van der Waals surface area contributed by atoms with Crippen molar-refractivity contribution in [2.45, 2.75) is 25.9 Å². The van der Waals surface area contributed by atoms with Gasteiger partial charge < -0.3 is 15.3 Å². The number of carbonyl (C=O) groups is 1. The summed E-state index contributed by atoms with van der Waals surface area (Å²) in [5.41, 5.74) is 0. The monoisotopic (exact) mass is 158 g/mol. The minimum Gasteiger partial charge on any atom is -0.465 e. The Bertz CT molecular complexity index is 151. The van der Waals surface area contributed by atoms with Crippen LogP contribution in [-0.4, -0.2) is 41.3 Å². The zero-order chi connectivity index (χ0) is 8.43. The van der Waals surface area contributed by atoms with E-state index in [0.29, 0.717) is 13.1 Å². The molecule has 64 valence electrons. The van der Waals surface area contributed by atoms with Crippen LogP contribution in [0.5, 0.6) is 0 Å². The van der Waals surface area contributed by atoms with Crippen molar-refractivity contribution in [3.8, 4) is 0 Å². The maximum Gasteiger partial charge on any atom is 0.407 e. The second kappa shape index (κ2) is 3.09. The summed E-state index contributed by atoms with van der Waals surface area (Å²) in [6.45, 7) is 5.18. The van der Waals surface area contributed by atoms with Crippen molar-refractivity contribution in [2.24, 2.45) is 0 Å². The molecule has 1 rings (SSSR count). The van der Waals surface area contributed by atoms with Crippen LogP contribution in [0.15, 0.2) is 0 Å².